The van der Waals surface area contributed by atoms with Gasteiger partial charge in [-0.1, -0.05) is 12.8 Å². The van der Waals surface area contributed by atoms with E-state index in [4.69, 9.17) is 0 Å². The van der Waals surface area contributed by atoms with Gasteiger partial charge in [0.1, 0.15) is 0 Å². The van der Waals surface area contributed by atoms with E-state index < -0.39 is 11.8 Å². The van der Waals surface area contributed by atoms with Crippen molar-refractivity contribution in [2.24, 2.45) is 0 Å². The number of amides is 1. The van der Waals surface area contributed by atoms with E-state index in [1.165, 1.54) is 0 Å². The first kappa shape index (κ1) is 11.3. The fourth-order valence-corrected chi connectivity index (χ4v) is 3.61. The lowest BCUT2D eigenvalue weighted by Crippen LogP contribution is -2.60. The minimum Gasteiger partial charge on any atom is -0.312 e. The summed E-state index contributed by atoms with van der Waals surface area (Å²) in [5.74, 6) is -0.343. The van der Waals surface area contributed by atoms with Crippen molar-refractivity contribution < 1.29 is 18.0 Å². The quantitative estimate of drug-likeness (QED) is 0.708. The Morgan fingerprint density at radius 3 is 2.71 bits per heavy atom. The highest BCUT2D eigenvalue weighted by Gasteiger charge is 2.69. The third kappa shape index (κ3) is 1.36. The summed E-state index contributed by atoms with van der Waals surface area (Å²) in [6.07, 6.45) is -1.20. The van der Waals surface area contributed by atoms with Crippen molar-refractivity contribution in [3.63, 3.8) is 0 Å². The number of hydrogen-bond donors (Lipinski definition) is 1. The Labute approximate surface area is 97.3 Å². The molecule has 2 heterocycles. The highest BCUT2D eigenvalue weighted by molar-refractivity contribution is 5.81. The van der Waals surface area contributed by atoms with Crippen LogP contribution in [0.1, 0.15) is 38.5 Å². The van der Waals surface area contributed by atoms with E-state index in [1.807, 2.05) is 0 Å². The first-order valence-electron chi connectivity index (χ1n) is 6.12. The van der Waals surface area contributed by atoms with Crippen molar-refractivity contribution in [3.05, 3.63) is 0 Å². The maximum atomic E-state index is 13.3. The molecular formula is C11H15F3N2O. The third-order valence-corrected chi connectivity index (χ3v) is 4.33. The second-order valence-corrected chi connectivity index (χ2v) is 5.22. The molecule has 0 bridgehead atoms. The lowest BCUT2D eigenvalue weighted by molar-refractivity contribution is -0.225. The van der Waals surface area contributed by atoms with Gasteiger partial charge in [0.15, 0.2) is 5.66 Å². The van der Waals surface area contributed by atoms with Gasteiger partial charge in [0.25, 0.3) is 0 Å². The van der Waals surface area contributed by atoms with Gasteiger partial charge < -0.3 is 4.90 Å². The van der Waals surface area contributed by atoms with Crippen molar-refractivity contribution >= 4 is 5.91 Å². The minimum absolute atomic E-state index is 0.00965. The van der Waals surface area contributed by atoms with E-state index in [9.17, 15) is 18.0 Å². The Balaban J connectivity index is 2.00. The first-order valence-corrected chi connectivity index (χ1v) is 6.12. The van der Waals surface area contributed by atoms with Gasteiger partial charge in [0, 0.05) is 24.9 Å². The van der Waals surface area contributed by atoms with E-state index in [0.717, 1.165) is 24.2 Å². The summed E-state index contributed by atoms with van der Waals surface area (Å²) in [5, 5.41) is 2.72. The summed E-state index contributed by atoms with van der Waals surface area (Å²) in [6.45, 7) is 0. The van der Waals surface area contributed by atoms with E-state index in [-0.39, 0.29) is 30.8 Å². The molecule has 3 nitrogen and oxygen atoms in total. The normalized spacial score (nSPS) is 41.6. The van der Waals surface area contributed by atoms with Gasteiger partial charge in [0.05, 0.1) is 0 Å². The largest absolute Gasteiger partial charge is 0.425 e. The topological polar surface area (TPSA) is 32.3 Å². The zero-order valence-corrected chi connectivity index (χ0v) is 9.39. The number of nitrogens with one attached hydrogen (secondary N) is 1. The highest BCUT2D eigenvalue weighted by Crippen LogP contribution is 2.49. The average Bonchev–Trinajstić information content (AvgIpc) is 2.75. The second kappa shape index (κ2) is 3.37. The monoisotopic (exact) mass is 248 g/mol. The first-order chi connectivity index (χ1) is 7.96. The Morgan fingerprint density at radius 2 is 2.00 bits per heavy atom. The predicted octanol–water partition coefficient (Wildman–Crippen LogP) is 1.78. The lowest BCUT2D eigenvalue weighted by atomic mass is 9.91. The maximum Gasteiger partial charge on any atom is 0.425 e. The fraction of sp³-hybridized carbons (Fsp3) is 0.909. The fourth-order valence-electron chi connectivity index (χ4n) is 3.61. The van der Waals surface area contributed by atoms with Crippen LogP contribution in [-0.4, -0.2) is 34.7 Å². The molecule has 0 spiro atoms. The van der Waals surface area contributed by atoms with Gasteiger partial charge >= 0.3 is 6.18 Å². The van der Waals surface area contributed by atoms with Crippen LogP contribution in [0.15, 0.2) is 0 Å². The number of hydrogen-bond acceptors (Lipinski definition) is 2. The van der Waals surface area contributed by atoms with Crippen LogP contribution in [0.2, 0.25) is 0 Å². The van der Waals surface area contributed by atoms with Crippen LogP contribution < -0.4 is 5.32 Å². The number of rotatable bonds is 0. The summed E-state index contributed by atoms with van der Waals surface area (Å²) in [5.41, 5.74) is -2.07. The van der Waals surface area contributed by atoms with E-state index in [0.29, 0.717) is 6.42 Å². The Bertz CT molecular complexity index is 357. The molecule has 2 saturated heterocycles. The van der Waals surface area contributed by atoms with E-state index in [1.54, 1.807) is 0 Å². The number of carbonyl (C=O) groups excluding carboxylic acids is 1. The van der Waals surface area contributed by atoms with Crippen molar-refractivity contribution in [2.45, 2.75) is 62.4 Å². The van der Waals surface area contributed by atoms with Gasteiger partial charge in [-0.25, -0.2) is 0 Å². The number of alkyl halides is 3. The van der Waals surface area contributed by atoms with E-state index >= 15 is 0 Å². The van der Waals surface area contributed by atoms with Crippen LogP contribution in [0.3, 0.4) is 0 Å². The van der Waals surface area contributed by atoms with Gasteiger partial charge in [-0.2, -0.15) is 13.2 Å². The SMILES string of the molecule is O=C1CC[C@@]2(C(F)(F)F)N[C@@H]3CCCC[C@H]3N12. The second-order valence-electron chi connectivity index (χ2n) is 5.22. The molecule has 3 aliphatic rings. The Kier molecular flexibility index (Phi) is 2.24. The molecule has 0 aromatic rings. The average molecular weight is 248 g/mol. The summed E-state index contributed by atoms with van der Waals surface area (Å²) < 4.78 is 39.8. The lowest BCUT2D eigenvalue weighted by Gasteiger charge is -2.36. The van der Waals surface area contributed by atoms with Crippen LogP contribution in [0, 0.1) is 0 Å². The summed E-state index contributed by atoms with van der Waals surface area (Å²) in [4.78, 5) is 12.9. The molecule has 1 saturated carbocycles. The summed E-state index contributed by atoms with van der Waals surface area (Å²) >= 11 is 0. The molecule has 0 radical (unpaired) electrons. The molecule has 3 fully saturated rings. The minimum atomic E-state index is -4.38. The highest BCUT2D eigenvalue weighted by atomic mass is 19.4. The molecule has 2 aliphatic heterocycles. The predicted molar refractivity (Wildman–Crippen MR) is 54.0 cm³/mol. The molecule has 3 rings (SSSR count). The molecule has 0 aromatic carbocycles. The number of fused-ring (bicyclic) bond motifs is 3. The van der Waals surface area contributed by atoms with Crippen LogP contribution in [0.5, 0.6) is 0 Å². The standard InChI is InChI=1S/C11H15F3N2O/c12-11(13,14)10-6-5-9(17)16(10)8-4-2-1-3-7(8)15-10/h7-8,15H,1-6H2/t7-,8-,10-/m1/s1. The zero-order valence-electron chi connectivity index (χ0n) is 9.39. The third-order valence-electron chi connectivity index (χ3n) is 4.33. The summed E-state index contributed by atoms with van der Waals surface area (Å²) in [7, 11) is 0. The molecule has 96 valence electrons. The summed E-state index contributed by atoms with van der Waals surface area (Å²) in [6, 6.07) is -0.421. The van der Waals surface area contributed by atoms with Crippen LogP contribution >= 0.6 is 0 Å². The molecular weight excluding hydrogens is 233 g/mol. The molecule has 1 aliphatic carbocycles. The molecule has 1 amide bonds. The van der Waals surface area contributed by atoms with Gasteiger partial charge in [0.2, 0.25) is 5.91 Å². The van der Waals surface area contributed by atoms with Crippen LogP contribution in [-0.2, 0) is 4.79 Å². The van der Waals surface area contributed by atoms with Crippen molar-refractivity contribution in [2.75, 3.05) is 0 Å². The van der Waals surface area contributed by atoms with Crippen LogP contribution in [0.25, 0.3) is 0 Å². The number of nitrogens with zero attached hydrogens (tertiary/aromatic N) is 1. The van der Waals surface area contributed by atoms with E-state index in [2.05, 4.69) is 5.32 Å². The van der Waals surface area contributed by atoms with Gasteiger partial charge in [-0.3, -0.25) is 10.1 Å². The van der Waals surface area contributed by atoms with Crippen molar-refractivity contribution in [1.82, 2.24) is 10.2 Å². The number of halogens is 3. The molecule has 0 unspecified atom stereocenters. The number of carbonyl (C=O) groups is 1. The van der Waals surface area contributed by atoms with Gasteiger partial charge in [-0.15, -0.1) is 0 Å². The van der Waals surface area contributed by atoms with Gasteiger partial charge in [-0.05, 0) is 12.8 Å². The smallest absolute Gasteiger partial charge is 0.312 e. The molecule has 3 atom stereocenters. The molecule has 1 N–H and O–H groups in total. The Morgan fingerprint density at radius 1 is 1.29 bits per heavy atom. The van der Waals surface area contributed by atoms with Crippen molar-refractivity contribution in [1.29, 1.82) is 0 Å². The van der Waals surface area contributed by atoms with Crippen molar-refractivity contribution in [3.8, 4) is 0 Å². The molecule has 0 aromatic heterocycles. The zero-order chi connectivity index (χ0) is 12.3. The van der Waals surface area contributed by atoms with Crippen LogP contribution in [0.4, 0.5) is 13.2 Å². The Hall–Kier alpha value is -0.780. The molecule has 6 heteroatoms. The molecule has 17 heavy (non-hydrogen) atoms. The maximum absolute atomic E-state index is 13.3.